The Morgan fingerprint density at radius 2 is 2.08 bits per heavy atom. The number of carbonyl (C=O) groups excluding carboxylic acids is 1. The third kappa shape index (κ3) is 2.80. The number of ether oxygens (including phenoxy) is 1. The number of nitrogens with zero attached hydrogens (tertiary/aromatic N) is 2. The van der Waals surface area contributed by atoms with Crippen LogP contribution in [0.1, 0.15) is 28.9 Å². The number of aliphatic hydroxyl groups excluding tert-OH is 1. The van der Waals surface area contributed by atoms with Crippen LogP contribution in [0.5, 0.6) is 5.75 Å². The van der Waals surface area contributed by atoms with E-state index in [0.717, 1.165) is 17.9 Å². The van der Waals surface area contributed by atoms with Gasteiger partial charge in [-0.15, -0.1) is 0 Å². The molecule has 2 N–H and O–H groups in total. The molecule has 26 heavy (non-hydrogen) atoms. The predicted molar refractivity (Wildman–Crippen MR) is 98.5 cm³/mol. The van der Waals surface area contributed by atoms with E-state index in [4.69, 9.17) is 4.74 Å². The smallest absolute Gasteiger partial charge is 0.253 e. The lowest BCUT2D eigenvalue weighted by molar-refractivity contribution is -0.000934. The summed E-state index contributed by atoms with van der Waals surface area (Å²) < 4.78 is 6.11. The zero-order valence-electron chi connectivity index (χ0n) is 14.9. The van der Waals surface area contributed by atoms with Crippen LogP contribution >= 0.6 is 0 Å². The minimum atomic E-state index is -0.715. The van der Waals surface area contributed by atoms with Crippen molar-refractivity contribution in [2.75, 3.05) is 11.9 Å². The van der Waals surface area contributed by atoms with Gasteiger partial charge in [0.1, 0.15) is 11.9 Å². The molecule has 1 aromatic heterocycles. The lowest BCUT2D eigenvalue weighted by atomic mass is 9.83. The molecule has 0 saturated heterocycles. The second kappa shape index (κ2) is 6.61. The summed E-state index contributed by atoms with van der Waals surface area (Å²) in [6.45, 7) is 1.81. The third-order valence-electron chi connectivity index (χ3n) is 5.44. The number of pyridine rings is 1. The molecule has 1 aromatic carbocycles. The van der Waals surface area contributed by atoms with Crippen LogP contribution in [0.25, 0.3) is 0 Å². The number of carbonyl (C=O) groups is 1. The molecule has 2 heterocycles. The van der Waals surface area contributed by atoms with Gasteiger partial charge in [-0.05, 0) is 44.0 Å². The van der Waals surface area contributed by atoms with E-state index < -0.39 is 6.10 Å². The molecule has 1 amide bonds. The van der Waals surface area contributed by atoms with Crippen molar-refractivity contribution in [2.24, 2.45) is 0 Å². The Balaban J connectivity index is 1.53. The first-order valence-corrected chi connectivity index (χ1v) is 8.95. The topological polar surface area (TPSA) is 74.7 Å². The van der Waals surface area contributed by atoms with E-state index in [2.05, 4.69) is 15.2 Å². The van der Waals surface area contributed by atoms with Gasteiger partial charge in [0.05, 0.1) is 29.4 Å². The Hall–Kier alpha value is -2.60. The minimum Gasteiger partial charge on any atom is -0.486 e. The maximum atomic E-state index is 12.6. The van der Waals surface area contributed by atoms with Crippen LogP contribution in [0.4, 0.5) is 5.69 Å². The Labute approximate surface area is 152 Å². The predicted octanol–water partition coefficient (Wildman–Crippen LogP) is 1.91. The number of amides is 1. The summed E-state index contributed by atoms with van der Waals surface area (Å²) in [5.41, 5.74) is 2.18. The molecule has 4 atom stereocenters. The highest BCUT2D eigenvalue weighted by molar-refractivity contribution is 5.95. The fraction of sp³-hybridized carbons (Fsp3) is 0.400. The molecule has 1 aliphatic heterocycles. The molecule has 1 fully saturated rings. The van der Waals surface area contributed by atoms with E-state index in [-0.39, 0.29) is 24.1 Å². The highest BCUT2D eigenvalue weighted by Gasteiger charge is 2.45. The van der Waals surface area contributed by atoms with Crippen molar-refractivity contribution in [3.8, 4) is 5.75 Å². The first-order chi connectivity index (χ1) is 12.6. The molecular formula is C20H23N3O3. The molecule has 6 heteroatoms. The van der Waals surface area contributed by atoms with Crippen molar-refractivity contribution in [1.82, 2.24) is 10.3 Å². The van der Waals surface area contributed by atoms with E-state index in [1.165, 1.54) is 0 Å². The summed E-state index contributed by atoms with van der Waals surface area (Å²) in [6.07, 6.45) is 2.31. The van der Waals surface area contributed by atoms with E-state index in [0.29, 0.717) is 17.7 Å². The van der Waals surface area contributed by atoms with Gasteiger partial charge in [0, 0.05) is 18.9 Å². The molecule has 0 radical (unpaired) electrons. The van der Waals surface area contributed by atoms with Crippen molar-refractivity contribution in [3.05, 3.63) is 53.9 Å². The van der Waals surface area contributed by atoms with E-state index >= 15 is 0 Å². The largest absolute Gasteiger partial charge is 0.486 e. The molecule has 1 saturated carbocycles. The van der Waals surface area contributed by atoms with Crippen molar-refractivity contribution < 1.29 is 14.6 Å². The number of nitrogens with one attached hydrogen (secondary N) is 1. The first-order valence-electron chi connectivity index (χ1n) is 8.95. The lowest BCUT2D eigenvalue weighted by Crippen LogP contribution is -2.64. The quantitative estimate of drug-likeness (QED) is 0.863. The maximum absolute atomic E-state index is 12.6. The van der Waals surface area contributed by atoms with E-state index in [9.17, 15) is 9.90 Å². The zero-order valence-corrected chi connectivity index (χ0v) is 14.9. The molecule has 2 aromatic rings. The van der Waals surface area contributed by atoms with Gasteiger partial charge >= 0.3 is 0 Å². The number of aryl methyl sites for hydroxylation is 1. The van der Waals surface area contributed by atoms with Gasteiger partial charge in [0.25, 0.3) is 5.91 Å². The van der Waals surface area contributed by atoms with Gasteiger partial charge in [-0.3, -0.25) is 9.78 Å². The normalized spacial score (nSPS) is 27.1. The van der Waals surface area contributed by atoms with Crippen LogP contribution in [-0.2, 0) is 0 Å². The molecule has 0 unspecified atom stereocenters. The van der Waals surface area contributed by atoms with Crippen LogP contribution in [0.2, 0.25) is 0 Å². The minimum absolute atomic E-state index is 0.0850. The Morgan fingerprint density at radius 1 is 1.27 bits per heavy atom. The molecule has 1 aliphatic carbocycles. The van der Waals surface area contributed by atoms with Gasteiger partial charge < -0.3 is 20.1 Å². The van der Waals surface area contributed by atoms with Gasteiger partial charge in [-0.25, -0.2) is 0 Å². The number of fused-ring (bicyclic) bond motifs is 2. The molecule has 4 rings (SSSR count). The summed E-state index contributed by atoms with van der Waals surface area (Å²) in [5.74, 6) is 0.648. The summed E-state index contributed by atoms with van der Waals surface area (Å²) in [7, 11) is 1.97. The van der Waals surface area contributed by atoms with Gasteiger partial charge in [0.15, 0.2) is 0 Å². The second-order valence-electron chi connectivity index (χ2n) is 7.01. The van der Waals surface area contributed by atoms with Crippen LogP contribution in [0.3, 0.4) is 0 Å². The van der Waals surface area contributed by atoms with E-state index in [1.54, 1.807) is 18.3 Å². The zero-order chi connectivity index (χ0) is 18.3. The Kier molecular flexibility index (Phi) is 4.28. The number of hydrogen-bond acceptors (Lipinski definition) is 5. The fourth-order valence-corrected chi connectivity index (χ4v) is 4.05. The average Bonchev–Trinajstić information content (AvgIpc) is 2.64. The van der Waals surface area contributed by atoms with Gasteiger partial charge in [0.2, 0.25) is 0 Å². The van der Waals surface area contributed by atoms with Gasteiger partial charge in [-0.1, -0.05) is 12.1 Å². The highest BCUT2D eigenvalue weighted by atomic mass is 16.5. The summed E-state index contributed by atoms with van der Waals surface area (Å²) in [5, 5.41) is 14.0. The fourth-order valence-electron chi connectivity index (χ4n) is 4.05. The molecule has 6 nitrogen and oxygen atoms in total. The lowest BCUT2D eigenvalue weighted by Gasteiger charge is -2.48. The van der Waals surface area contributed by atoms with Crippen molar-refractivity contribution in [1.29, 1.82) is 0 Å². The van der Waals surface area contributed by atoms with Crippen molar-refractivity contribution in [2.45, 2.75) is 44.1 Å². The summed E-state index contributed by atoms with van der Waals surface area (Å²) >= 11 is 0. The molecule has 136 valence electrons. The molecule has 0 bridgehead atoms. The van der Waals surface area contributed by atoms with Crippen LogP contribution in [0, 0.1) is 6.92 Å². The number of aromatic nitrogens is 1. The van der Waals surface area contributed by atoms with Crippen LogP contribution in [-0.4, -0.2) is 47.3 Å². The standard InChI is InChI=1S/C20H23N3O3/c1-12-13(6-5-11-21-12)20(25)22-14-9-10-17-18(19(14)24)23(2)15-7-3-4-8-16(15)26-17/h3-8,11,14,17-19,24H,9-10H2,1-2H3,(H,22,25)/t14-,17-,18-,19-/m1/s1. The second-order valence-corrected chi connectivity index (χ2v) is 7.01. The number of para-hydroxylation sites is 2. The summed E-state index contributed by atoms with van der Waals surface area (Å²) in [6, 6.07) is 10.8. The number of hydrogen-bond donors (Lipinski definition) is 2. The highest BCUT2D eigenvalue weighted by Crippen LogP contribution is 2.39. The van der Waals surface area contributed by atoms with E-state index in [1.807, 2.05) is 38.2 Å². The van der Waals surface area contributed by atoms with Crippen LogP contribution in [0.15, 0.2) is 42.6 Å². The van der Waals surface area contributed by atoms with Crippen molar-refractivity contribution >= 4 is 11.6 Å². The molecule has 0 spiro atoms. The number of benzene rings is 1. The Bertz CT molecular complexity index is 825. The summed E-state index contributed by atoms with van der Waals surface area (Å²) in [4.78, 5) is 18.8. The molecule has 2 aliphatic rings. The average molecular weight is 353 g/mol. The number of aliphatic hydroxyl groups is 1. The van der Waals surface area contributed by atoms with Gasteiger partial charge in [-0.2, -0.15) is 0 Å². The Morgan fingerprint density at radius 3 is 2.88 bits per heavy atom. The number of anilines is 1. The number of likely N-dealkylation sites (N-methyl/N-ethyl adjacent to an activating group) is 1. The van der Waals surface area contributed by atoms with Crippen LogP contribution < -0.4 is 15.0 Å². The SMILES string of the molecule is Cc1ncccc1C(=O)N[C@@H]1CC[C@H]2Oc3ccccc3N(C)[C@H]2[C@@H]1O. The number of rotatable bonds is 2. The van der Waals surface area contributed by atoms with Crippen molar-refractivity contribution in [3.63, 3.8) is 0 Å². The first kappa shape index (κ1) is 16.8. The monoisotopic (exact) mass is 353 g/mol. The third-order valence-corrected chi connectivity index (χ3v) is 5.44. The molecular weight excluding hydrogens is 330 g/mol. The maximum Gasteiger partial charge on any atom is 0.253 e.